The van der Waals surface area contributed by atoms with Crippen LogP contribution in [-0.4, -0.2) is 25.5 Å². The van der Waals surface area contributed by atoms with E-state index < -0.39 is 0 Å². The van der Waals surface area contributed by atoms with Crippen molar-refractivity contribution in [2.75, 3.05) is 18.5 Å². The van der Waals surface area contributed by atoms with Gasteiger partial charge in [0.1, 0.15) is 6.04 Å². The molecule has 5 heteroatoms. The van der Waals surface area contributed by atoms with Crippen LogP contribution in [0.3, 0.4) is 0 Å². The Morgan fingerprint density at radius 2 is 2.39 bits per heavy atom. The summed E-state index contributed by atoms with van der Waals surface area (Å²) in [4.78, 5) is 14.0. The molecule has 98 valence electrons. The number of benzene rings is 1. The Morgan fingerprint density at radius 1 is 1.61 bits per heavy atom. The van der Waals surface area contributed by atoms with Gasteiger partial charge in [0, 0.05) is 20.1 Å². The standard InChI is InChI=1S/C13H18ClN3O/c1-16-13(18)11-6-3-7-17(11)12-9(8-15)4-2-5-10(12)14/h2,4-5,11H,3,6-8,15H2,1H3,(H,16,18). The van der Waals surface area contributed by atoms with Crippen molar-refractivity contribution in [2.45, 2.75) is 25.4 Å². The van der Waals surface area contributed by atoms with Gasteiger partial charge in [0.25, 0.3) is 0 Å². The molecular weight excluding hydrogens is 250 g/mol. The third-order valence-electron chi connectivity index (χ3n) is 3.38. The lowest BCUT2D eigenvalue weighted by atomic mass is 10.1. The number of halogens is 1. The van der Waals surface area contributed by atoms with E-state index in [1.807, 2.05) is 18.2 Å². The summed E-state index contributed by atoms with van der Waals surface area (Å²) in [6.45, 7) is 1.27. The van der Waals surface area contributed by atoms with E-state index in [0.29, 0.717) is 11.6 Å². The molecule has 0 spiro atoms. The van der Waals surface area contributed by atoms with Crippen LogP contribution in [0.5, 0.6) is 0 Å². The van der Waals surface area contributed by atoms with E-state index in [2.05, 4.69) is 10.2 Å². The van der Waals surface area contributed by atoms with Crippen LogP contribution >= 0.6 is 11.6 Å². The third kappa shape index (κ3) is 2.31. The molecule has 0 aromatic heterocycles. The van der Waals surface area contributed by atoms with Crippen LogP contribution < -0.4 is 16.0 Å². The molecule has 0 saturated carbocycles. The highest BCUT2D eigenvalue weighted by Crippen LogP contribution is 2.34. The molecule has 0 radical (unpaired) electrons. The molecule has 1 fully saturated rings. The minimum Gasteiger partial charge on any atom is -0.358 e. The van der Waals surface area contributed by atoms with E-state index in [9.17, 15) is 4.79 Å². The lowest BCUT2D eigenvalue weighted by molar-refractivity contribution is -0.121. The minimum absolute atomic E-state index is 0.0374. The van der Waals surface area contributed by atoms with Crippen molar-refractivity contribution in [2.24, 2.45) is 5.73 Å². The fourth-order valence-corrected chi connectivity index (χ4v) is 2.82. The van der Waals surface area contributed by atoms with Crippen molar-refractivity contribution in [3.8, 4) is 0 Å². The average molecular weight is 268 g/mol. The summed E-state index contributed by atoms with van der Waals surface area (Å²) < 4.78 is 0. The second kappa shape index (κ2) is 5.59. The van der Waals surface area contributed by atoms with Crippen molar-refractivity contribution in [3.63, 3.8) is 0 Å². The highest BCUT2D eigenvalue weighted by atomic mass is 35.5. The van der Waals surface area contributed by atoms with Crippen LogP contribution in [0.4, 0.5) is 5.69 Å². The molecule has 1 aliphatic rings. The fourth-order valence-electron chi connectivity index (χ4n) is 2.52. The summed E-state index contributed by atoms with van der Waals surface area (Å²) >= 11 is 6.27. The Hall–Kier alpha value is -1.26. The van der Waals surface area contributed by atoms with Crippen LogP contribution in [-0.2, 0) is 11.3 Å². The molecule has 18 heavy (non-hydrogen) atoms. The Bertz CT molecular complexity index is 450. The van der Waals surface area contributed by atoms with Crippen molar-refractivity contribution in [3.05, 3.63) is 28.8 Å². The average Bonchev–Trinajstić information content (AvgIpc) is 2.86. The first kappa shape index (κ1) is 13.2. The number of nitrogens with two attached hydrogens (primary N) is 1. The number of anilines is 1. The number of carbonyl (C=O) groups excluding carboxylic acids is 1. The van der Waals surface area contributed by atoms with E-state index in [1.54, 1.807) is 7.05 Å². The Balaban J connectivity index is 2.38. The summed E-state index contributed by atoms with van der Waals surface area (Å²) in [6.07, 6.45) is 1.85. The van der Waals surface area contributed by atoms with Crippen molar-refractivity contribution >= 4 is 23.2 Å². The zero-order valence-corrected chi connectivity index (χ0v) is 11.2. The molecule has 1 aromatic carbocycles. The smallest absolute Gasteiger partial charge is 0.242 e. The number of likely N-dealkylation sites (N-methyl/N-ethyl adjacent to an activating group) is 1. The van der Waals surface area contributed by atoms with E-state index in [1.165, 1.54) is 0 Å². The van der Waals surface area contributed by atoms with Gasteiger partial charge in [-0.2, -0.15) is 0 Å². The monoisotopic (exact) mass is 267 g/mol. The van der Waals surface area contributed by atoms with E-state index in [4.69, 9.17) is 17.3 Å². The first-order valence-electron chi connectivity index (χ1n) is 6.14. The second-order valence-corrected chi connectivity index (χ2v) is 4.82. The number of rotatable bonds is 3. The van der Waals surface area contributed by atoms with Gasteiger partial charge in [0.2, 0.25) is 5.91 Å². The highest BCUT2D eigenvalue weighted by molar-refractivity contribution is 6.33. The molecule has 1 atom stereocenters. The van der Waals surface area contributed by atoms with Crippen molar-refractivity contribution < 1.29 is 4.79 Å². The summed E-state index contributed by atoms with van der Waals surface area (Å²) in [7, 11) is 1.66. The van der Waals surface area contributed by atoms with Gasteiger partial charge in [0.15, 0.2) is 0 Å². The van der Waals surface area contributed by atoms with Crippen LogP contribution in [0.25, 0.3) is 0 Å². The van der Waals surface area contributed by atoms with Gasteiger partial charge in [0.05, 0.1) is 10.7 Å². The highest BCUT2D eigenvalue weighted by Gasteiger charge is 2.32. The molecule has 2 rings (SSSR count). The summed E-state index contributed by atoms with van der Waals surface area (Å²) in [6, 6.07) is 5.55. The molecule has 0 aliphatic carbocycles. The molecule has 1 aromatic rings. The zero-order chi connectivity index (χ0) is 13.1. The van der Waals surface area contributed by atoms with Gasteiger partial charge < -0.3 is 16.0 Å². The van der Waals surface area contributed by atoms with Gasteiger partial charge in [-0.15, -0.1) is 0 Å². The maximum Gasteiger partial charge on any atom is 0.242 e. The van der Waals surface area contributed by atoms with E-state index in [0.717, 1.165) is 30.6 Å². The maximum absolute atomic E-state index is 11.9. The lowest BCUT2D eigenvalue weighted by Crippen LogP contribution is -2.42. The Morgan fingerprint density at radius 3 is 3.06 bits per heavy atom. The first-order valence-corrected chi connectivity index (χ1v) is 6.52. The van der Waals surface area contributed by atoms with Gasteiger partial charge in [-0.25, -0.2) is 0 Å². The number of nitrogens with zero attached hydrogens (tertiary/aromatic N) is 1. The molecule has 0 bridgehead atoms. The summed E-state index contributed by atoms with van der Waals surface area (Å²) in [5.41, 5.74) is 7.65. The van der Waals surface area contributed by atoms with Gasteiger partial charge in [-0.05, 0) is 24.5 Å². The number of nitrogens with one attached hydrogen (secondary N) is 1. The minimum atomic E-state index is -0.139. The Labute approximate surface area is 112 Å². The topological polar surface area (TPSA) is 58.4 Å². The molecule has 1 aliphatic heterocycles. The zero-order valence-electron chi connectivity index (χ0n) is 10.4. The van der Waals surface area contributed by atoms with Crippen molar-refractivity contribution in [1.29, 1.82) is 0 Å². The van der Waals surface area contributed by atoms with Crippen LogP contribution in [0.2, 0.25) is 5.02 Å². The van der Waals surface area contributed by atoms with Gasteiger partial charge in [-0.3, -0.25) is 4.79 Å². The van der Waals surface area contributed by atoms with E-state index in [-0.39, 0.29) is 11.9 Å². The number of para-hydroxylation sites is 1. The summed E-state index contributed by atoms with van der Waals surface area (Å²) in [5, 5.41) is 3.37. The normalized spacial score (nSPS) is 19.1. The molecule has 3 N–H and O–H groups in total. The third-order valence-corrected chi connectivity index (χ3v) is 3.68. The largest absolute Gasteiger partial charge is 0.358 e. The number of hydrogen-bond acceptors (Lipinski definition) is 3. The molecule has 1 unspecified atom stereocenters. The van der Waals surface area contributed by atoms with Crippen LogP contribution in [0.15, 0.2) is 18.2 Å². The van der Waals surface area contributed by atoms with Gasteiger partial charge in [-0.1, -0.05) is 23.7 Å². The summed E-state index contributed by atoms with van der Waals surface area (Å²) in [5.74, 6) is 0.0374. The Kier molecular flexibility index (Phi) is 4.09. The molecular formula is C13H18ClN3O. The molecule has 1 saturated heterocycles. The quantitative estimate of drug-likeness (QED) is 0.873. The number of hydrogen-bond donors (Lipinski definition) is 2. The first-order chi connectivity index (χ1) is 8.69. The van der Waals surface area contributed by atoms with Gasteiger partial charge >= 0.3 is 0 Å². The van der Waals surface area contributed by atoms with E-state index >= 15 is 0 Å². The van der Waals surface area contributed by atoms with Crippen LogP contribution in [0, 0.1) is 0 Å². The fraction of sp³-hybridized carbons (Fsp3) is 0.462. The number of amides is 1. The SMILES string of the molecule is CNC(=O)C1CCCN1c1c(Cl)cccc1CN. The molecule has 1 heterocycles. The molecule has 4 nitrogen and oxygen atoms in total. The van der Waals surface area contributed by atoms with Crippen LogP contribution in [0.1, 0.15) is 18.4 Å². The number of carbonyl (C=O) groups is 1. The predicted molar refractivity (Wildman–Crippen MR) is 73.8 cm³/mol. The maximum atomic E-state index is 11.9. The lowest BCUT2D eigenvalue weighted by Gasteiger charge is -2.28. The second-order valence-electron chi connectivity index (χ2n) is 4.42. The predicted octanol–water partition coefficient (Wildman–Crippen LogP) is 1.51. The van der Waals surface area contributed by atoms with Crippen molar-refractivity contribution in [1.82, 2.24) is 5.32 Å². The molecule has 1 amide bonds.